The Hall–Kier alpha value is -2.58. The number of esters is 1. The van der Waals surface area contributed by atoms with Crippen LogP contribution in [0.1, 0.15) is 30.3 Å². The Kier molecular flexibility index (Phi) is 5.50. The van der Waals surface area contributed by atoms with Crippen molar-refractivity contribution in [3.05, 3.63) is 69.6 Å². The molecule has 3 aromatic rings. The number of benzene rings is 1. The van der Waals surface area contributed by atoms with E-state index in [9.17, 15) is 4.79 Å². The second kappa shape index (κ2) is 8.20. The summed E-state index contributed by atoms with van der Waals surface area (Å²) in [6.45, 7) is 4.01. The van der Waals surface area contributed by atoms with Crippen LogP contribution < -0.4 is 5.32 Å². The number of rotatable bonds is 6. The molecule has 1 atom stereocenters. The molecule has 0 spiro atoms. The van der Waals surface area contributed by atoms with E-state index in [1.807, 2.05) is 49.6 Å². The van der Waals surface area contributed by atoms with Crippen molar-refractivity contribution in [2.45, 2.75) is 30.8 Å². The topological polar surface area (TPSA) is 69.0 Å². The lowest BCUT2D eigenvalue weighted by molar-refractivity contribution is -0.139. The maximum atomic E-state index is 12.7. The third-order valence-electron chi connectivity index (χ3n) is 4.35. The van der Waals surface area contributed by atoms with Crippen molar-refractivity contribution in [1.82, 2.24) is 14.8 Å². The highest BCUT2D eigenvalue weighted by Crippen LogP contribution is 2.38. The fraction of sp³-hybridized carbons (Fsp3) is 0.250. The van der Waals surface area contributed by atoms with Crippen LogP contribution in [0, 0.1) is 0 Å². The van der Waals surface area contributed by atoms with Gasteiger partial charge in [-0.2, -0.15) is 4.98 Å². The maximum Gasteiger partial charge on any atom is 0.338 e. The fourth-order valence-electron chi connectivity index (χ4n) is 3.10. The lowest BCUT2D eigenvalue weighted by Gasteiger charge is -2.26. The normalized spacial score (nSPS) is 15.9. The first-order chi connectivity index (χ1) is 13.7. The van der Waals surface area contributed by atoms with Gasteiger partial charge in [-0.1, -0.05) is 48.2 Å². The Labute approximate surface area is 171 Å². The summed E-state index contributed by atoms with van der Waals surface area (Å²) in [5.41, 5.74) is 2.53. The summed E-state index contributed by atoms with van der Waals surface area (Å²) < 4.78 is 7.10. The molecule has 0 bridgehead atoms. The zero-order chi connectivity index (χ0) is 19.5. The number of hydrogen-bond acceptors (Lipinski definition) is 7. The lowest BCUT2D eigenvalue weighted by Crippen LogP contribution is -2.29. The number of thioether (sulfide) groups is 1. The largest absolute Gasteiger partial charge is 0.463 e. The molecule has 3 heterocycles. The first-order valence-corrected chi connectivity index (χ1v) is 10.9. The summed E-state index contributed by atoms with van der Waals surface area (Å²) in [4.78, 5) is 18.3. The molecule has 0 saturated heterocycles. The van der Waals surface area contributed by atoms with Crippen molar-refractivity contribution in [2.75, 3.05) is 11.9 Å². The van der Waals surface area contributed by atoms with Crippen LogP contribution in [0.25, 0.3) is 0 Å². The molecule has 1 aliphatic rings. The number of fused-ring (bicyclic) bond motifs is 1. The van der Waals surface area contributed by atoms with Gasteiger partial charge in [-0.3, -0.25) is 0 Å². The Balaban J connectivity index is 1.66. The van der Waals surface area contributed by atoms with Gasteiger partial charge in [-0.25, -0.2) is 9.48 Å². The number of aromatic nitrogens is 3. The minimum absolute atomic E-state index is 0.328. The van der Waals surface area contributed by atoms with Crippen LogP contribution in [0.3, 0.4) is 0 Å². The first-order valence-electron chi connectivity index (χ1n) is 8.99. The van der Waals surface area contributed by atoms with Gasteiger partial charge in [0.25, 0.3) is 0 Å². The van der Waals surface area contributed by atoms with Crippen molar-refractivity contribution < 1.29 is 9.53 Å². The summed E-state index contributed by atoms with van der Waals surface area (Å²) in [5, 5.41) is 10.6. The minimum atomic E-state index is -0.339. The van der Waals surface area contributed by atoms with Gasteiger partial charge in [0.1, 0.15) is 6.04 Å². The standard InChI is InChI=1S/C20H20N4O2S2/c1-3-26-18(25)16-13(2)21-19-22-20(28-12-14-8-5-4-6-9-14)23-24(19)17(16)15-10-7-11-27-15/h4-11,17H,3,12H2,1-2H3,(H,21,22,23). The predicted molar refractivity (Wildman–Crippen MR) is 111 cm³/mol. The molecular weight excluding hydrogens is 392 g/mol. The van der Waals surface area contributed by atoms with Crippen LogP contribution in [0.2, 0.25) is 0 Å². The molecular formula is C20H20N4O2S2. The van der Waals surface area contributed by atoms with E-state index in [4.69, 9.17) is 9.84 Å². The number of carbonyl (C=O) groups excluding carboxylic acids is 1. The molecule has 0 saturated carbocycles. The number of hydrogen-bond donors (Lipinski definition) is 1. The third-order valence-corrected chi connectivity index (χ3v) is 6.19. The maximum absolute atomic E-state index is 12.7. The Morgan fingerprint density at radius 3 is 2.82 bits per heavy atom. The van der Waals surface area contributed by atoms with Gasteiger partial charge in [0.15, 0.2) is 0 Å². The lowest BCUT2D eigenvalue weighted by atomic mass is 10.0. The van der Waals surface area contributed by atoms with E-state index in [1.165, 1.54) is 5.56 Å². The van der Waals surface area contributed by atoms with Crippen molar-refractivity contribution in [1.29, 1.82) is 0 Å². The molecule has 1 aliphatic heterocycles. The van der Waals surface area contributed by atoms with Crippen LogP contribution in [0.5, 0.6) is 0 Å². The zero-order valence-electron chi connectivity index (χ0n) is 15.6. The Morgan fingerprint density at radius 2 is 2.11 bits per heavy atom. The number of thiophene rings is 1. The van der Waals surface area contributed by atoms with E-state index in [0.717, 1.165) is 16.3 Å². The van der Waals surface area contributed by atoms with Crippen LogP contribution in [0.4, 0.5) is 5.95 Å². The SMILES string of the molecule is CCOC(=O)C1=C(C)Nc2nc(SCc3ccccc3)nn2C1c1cccs1. The van der Waals surface area contributed by atoms with E-state index < -0.39 is 0 Å². The van der Waals surface area contributed by atoms with Crippen LogP contribution in [-0.2, 0) is 15.3 Å². The summed E-state index contributed by atoms with van der Waals surface area (Å²) in [6, 6.07) is 13.9. The average molecular weight is 413 g/mol. The number of ether oxygens (including phenoxy) is 1. The van der Waals surface area contributed by atoms with Gasteiger partial charge in [0.05, 0.1) is 12.2 Å². The average Bonchev–Trinajstić information content (AvgIpc) is 3.36. The molecule has 8 heteroatoms. The van der Waals surface area contributed by atoms with Gasteiger partial charge < -0.3 is 10.1 Å². The van der Waals surface area contributed by atoms with Crippen molar-refractivity contribution in [3.8, 4) is 0 Å². The van der Waals surface area contributed by atoms with Crippen LogP contribution in [-0.4, -0.2) is 27.3 Å². The number of anilines is 1. The number of nitrogens with one attached hydrogen (secondary N) is 1. The second-order valence-electron chi connectivity index (χ2n) is 6.24. The van der Waals surface area contributed by atoms with Gasteiger partial charge in [0.2, 0.25) is 11.1 Å². The molecule has 1 N–H and O–H groups in total. The van der Waals surface area contributed by atoms with E-state index in [-0.39, 0.29) is 12.0 Å². The highest BCUT2D eigenvalue weighted by molar-refractivity contribution is 7.98. The summed E-state index contributed by atoms with van der Waals surface area (Å²) >= 11 is 3.16. The van der Waals surface area contributed by atoms with Crippen molar-refractivity contribution in [2.24, 2.45) is 0 Å². The molecule has 0 aliphatic carbocycles. The van der Waals surface area contributed by atoms with Crippen LogP contribution in [0.15, 0.2) is 64.3 Å². The van der Waals surface area contributed by atoms with E-state index >= 15 is 0 Å². The molecule has 1 aromatic carbocycles. The molecule has 144 valence electrons. The highest BCUT2D eigenvalue weighted by atomic mass is 32.2. The molecule has 4 rings (SSSR count). The Bertz CT molecular complexity index is 997. The van der Waals surface area contributed by atoms with Gasteiger partial charge in [-0.05, 0) is 30.9 Å². The second-order valence-corrected chi connectivity index (χ2v) is 8.16. The van der Waals surface area contributed by atoms with E-state index in [1.54, 1.807) is 27.8 Å². The number of carbonyl (C=O) groups is 1. The minimum Gasteiger partial charge on any atom is -0.463 e. The van der Waals surface area contributed by atoms with Crippen LogP contribution >= 0.6 is 23.1 Å². The Morgan fingerprint density at radius 1 is 1.29 bits per heavy atom. The smallest absolute Gasteiger partial charge is 0.338 e. The van der Waals surface area contributed by atoms with E-state index in [0.29, 0.717) is 23.3 Å². The van der Waals surface area contributed by atoms with E-state index in [2.05, 4.69) is 22.4 Å². The van der Waals surface area contributed by atoms with Gasteiger partial charge >= 0.3 is 5.97 Å². The van der Waals surface area contributed by atoms with Gasteiger partial charge in [0, 0.05) is 16.3 Å². The third kappa shape index (κ3) is 3.70. The fourth-order valence-corrected chi connectivity index (χ4v) is 4.70. The summed E-state index contributed by atoms with van der Waals surface area (Å²) in [7, 11) is 0. The number of allylic oxidation sites excluding steroid dienone is 1. The monoisotopic (exact) mass is 412 g/mol. The van der Waals surface area contributed by atoms with Crippen molar-refractivity contribution >= 4 is 35.0 Å². The summed E-state index contributed by atoms with van der Waals surface area (Å²) in [5.74, 6) is 1.09. The number of nitrogens with zero attached hydrogens (tertiary/aromatic N) is 3. The quantitative estimate of drug-likeness (QED) is 0.475. The molecule has 1 unspecified atom stereocenters. The van der Waals surface area contributed by atoms with Gasteiger partial charge in [-0.15, -0.1) is 16.4 Å². The zero-order valence-corrected chi connectivity index (χ0v) is 17.2. The first kappa shape index (κ1) is 18.8. The molecule has 6 nitrogen and oxygen atoms in total. The van der Waals surface area contributed by atoms with Crippen molar-refractivity contribution in [3.63, 3.8) is 0 Å². The molecule has 28 heavy (non-hydrogen) atoms. The summed E-state index contributed by atoms with van der Waals surface area (Å²) in [6.07, 6.45) is 0. The molecule has 0 fully saturated rings. The molecule has 0 radical (unpaired) electrons. The predicted octanol–water partition coefficient (Wildman–Crippen LogP) is 4.48. The molecule has 2 aromatic heterocycles. The molecule has 0 amide bonds. The highest BCUT2D eigenvalue weighted by Gasteiger charge is 2.35.